The molecule has 2 aromatic heterocycles. The Morgan fingerprint density at radius 1 is 0.608 bits per heavy atom. The predicted octanol–water partition coefficient (Wildman–Crippen LogP) is 11.0. The largest absolute Gasteiger partial charge is 0.415 e. The second-order valence-electron chi connectivity index (χ2n) is 21.0. The average molecular weight is 1000 g/mol. The minimum Gasteiger partial charge on any atom is -0.410 e. The van der Waals surface area contributed by atoms with Crippen LogP contribution in [-0.2, 0) is 30.1 Å². The van der Waals surface area contributed by atoms with E-state index >= 15 is 0 Å². The van der Waals surface area contributed by atoms with Crippen LogP contribution < -0.4 is 21.6 Å². The second kappa shape index (κ2) is 25.6. The molecule has 0 radical (unpaired) electrons. The van der Waals surface area contributed by atoms with Crippen LogP contribution in [-0.4, -0.2) is 53.9 Å². The summed E-state index contributed by atoms with van der Waals surface area (Å²) in [7, 11) is 3.45. The van der Waals surface area contributed by atoms with E-state index in [1.54, 1.807) is 86.2 Å². The van der Waals surface area contributed by atoms with Gasteiger partial charge in [0, 0.05) is 64.1 Å². The van der Waals surface area contributed by atoms with Crippen molar-refractivity contribution in [2.45, 2.75) is 103 Å². The number of pyridine rings is 2. The highest BCUT2D eigenvalue weighted by Gasteiger charge is 2.37. The maximum Gasteiger partial charge on any atom is 0.415 e. The highest BCUT2D eigenvalue weighted by atomic mass is 16.6. The van der Waals surface area contributed by atoms with E-state index in [2.05, 4.69) is 20.8 Å². The summed E-state index contributed by atoms with van der Waals surface area (Å²) in [6.07, 6.45) is 4.74. The molecule has 7 rings (SSSR count). The third kappa shape index (κ3) is 16.9. The molecule has 390 valence electrons. The summed E-state index contributed by atoms with van der Waals surface area (Å²) in [4.78, 5) is 49.5. The number of para-hydroxylation sites is 1. The van der Waals surface area contributed by atoms with Crippen molar-refractivity contribution in [2.24, 2.45) is 25.2 Å². The van der Waals surface area contributed by atoms with E-state index in [9.17, 15) is 34.5 Å². The van der Waals surface area contributed by atoms with Gasteiger partial charge in [0.15, 0.2) is 0 Å². The number of aryl methyl sites for hydroxylation is 2. The fraction of sp³-hybridized carbons (Fsp3) is 0.323. The van der Waals surface area contributed by atoms with Gasteiger partial charge in [-0.2, -0.15) is 0 Å². The Kier molecular flexibility index (Phi) is 20.0. The average Bonchev–Trinajstić information content (AvgIpc) is 3.36. The molecule has 0 aliphatic heterocycles. The lowest BCUT2D eigenvalue weighted by atomic mass is 9.77. The van der Waals surface area contributed by atoms with Crippen molar-refractivity contribution in [3.63, 3.8) is 0 Å². The van der Waals surface area contributed by atoms with Crippen molar-refractivity contribution in [3.05, 3.63) is 219 Å². The fourth-order valence-corrected chi connectivity index (χ4v) is 8.82. The summed E-state index contributed by atoms with van der Waals surface area (Å²) in [6.45, 7) is 13.5. The Morgan fingerprint density at radius 3 is 1.45 bits per heavy atom. The van der Waals surface area contributed by atoms with Crippen molar-refractivity contribution < 1.29 is 29.6 Å². The molecule has 74 heavy (non-hydrogen) atoms. The van der Waals surface area contributed by atoms with Crippen molar-refractivity contribution in [2.75, 3.05) is 6.54 Å². The number of carbonyl (C=O) groups excluding carboxylic acids is 2. The SMILES string of the molecule is CC(C)(C)C[C@](O)(CC=O)c1ccccc1.C[C@@H](c1ccc(-c2ccn(C)c(=O)c2)cc1)N(CC[C@@](O)(CC(C)(C)O)c1ccccc1)C(=O)Oc1ccccc1.C[C@H](N)c1ccc(-c2ccn(C)c(=O)c2)cc1. The van der Waals surface area contributed by atoms with Crippen LogP contribution in [0.4, 0.5) is 4.79 Å². The van der Waals surface area contributed by atoms with Crippen LogP contribution in [0.3, 0.4) is 0 Å². The molecule has 7 aromatic rings. The molecule has 0 saturated heterocycles. The number of nitrogens with two attached hydrogens (primary N) is 1. The third-order valence-corrected chi connectivity index (χ3v) is 12.7. The van der Waals surface area contributed by atoms with Gasteiger partial charge in [-0.1, -0.05) is 148 Å². The van der Waals surface area contributed by atoms with E-state index in [1.165, 1.54) is 4.57 Å². The maximum atomic E-state index is 13.6. The number of aliphatic hydroxyl groups is 3. The van der Waals surface area contributed by atoms with Crippen LogP contribution in [0.15, 0.2) is 186 Å². The van der Waals surface area contributed by atoms with Crippen molar-refractivity contribution in [1.29, 1.82) is 0 Å². The molecule has 0 saturated carbocycles. The monoisotopic (exact) mass is 1000 g/mol. The van der Waals surface area contributed by atoms with Gasteiger partial charge in [-0.15, -0.1) is 0 Å². The molecule has 4 atom stereocenters. The molecule has 0 bridgehead atoms. The highest BCUT2D eigenvalue weighted by Crippen LogP contribution is 2.38. The molecular weight excluding hydrogens is 929 g/mol. The summed E-state index contributed by atoms with van der Waals surface area (Å²) in [5.41, 5.74) is 9.24. The first-order valence-electron chi connectivity index (χ1n) is 25.0. The van der Waals surface area contributed by atoms with Gasteiger partial charge in [0.05, 0.1) is 22.8 Å². The van der Waals surface area contributed by atoms with Crippen molar-refractivity contribution >= 4 is 12.4 Å². The first-order chi connectivity index (χ1) is 34.9. The number of rotatable bonds is 16. The number of carbonyl (C=O) groups is 2. The van der Waals surface area contributed by atoms with Gasteiger partial charge in [-0.3, -0.25) is 9.59 Å². The molecule has 0 aliphatic rings. The number of ether oxygens (including phenoxy) is 1. The zero-order chi connectivity index (χ0) is 54.3. The zero-order valence-electron chi connectivity index (χ0n) is 44.3. The first kappa shape index (κ1) is 57.7. The van der Waals surface area contributed by atoms with Crippen LogP contribution >= 0.6 is 0 Å². The number of hydrogen-bond donors (Lipinski definition) is 4. The smallest absolute Gasteiger partial charge is 0.410 e. The Bertz CT molecular complexity index is 2980. The molecule has 0 unspecified atom stereocenters. The molecular formula is C62H74N4O8. The van der Waals surface area contributed by atoms with E-state index in [0.717, 1.165) is 45.2 Å². The van der Waals surface area contributed by atoms with Gasteiger partial charge in [0.25, 0.3) is 11.1 Å². The third-order valence-electron chi connectivity index (χ3n) is 12.7. The summed E-state index contributed by atoms with van der Waals surface area (Å²) in [5.74, 6) is 0.422. The molecule has 2 heterocycles. The van der Waals surface area contributed by atoms with E-state index in [-0.39, 0.29) is 48.4 Å². The molecule has 1 amide bonds. The maximum absolute atomic E-state index is 13.6. The number of aldehydes is 1. The van der Waals surface area contributed by atoms with Crippen LogP contribution in [0.2, 0.25) is 0 Å². The number of amides is 1. The quantitative estimate of drug-likeness (QED) is 0.0686. The van der Waals surface area contributed by atoms with Crippen molar-refractivity contribution in [3.8, 4) is 28.0 Å². The van der Waals surface area contributed by atoms with E-state index < -0.39 is 28.9 Å². The van der Waals surface area contributed by atoms with E-state index in [1.807, 2.05) is 141 Å². The van der Waals surface area contributed by atoms with E-state index in [0.29, 0.717) is 17.7 Å². The highest BCUT2D eigenvalue weighted by molar-refractivity contribution is 5.71. The number of aromatic nitrogens is 2. The number of hydrogen-bond acceptors (Lipinski definition) is 9. The van der Waals surface area contributed by atoms with Gasteiger partial charge in [0.2, 0.25) is 0 Å². The fourth-order valence-electron chi connectivity index (χ4n) is 8.82. The second-order valence-corrected chi connectivity index (χ2v) is 21.0. The number of benzene rings is 5. The lowest BCUT2D eigenvalue weighted by Crippen LogP contribution is -2.42. The molecule has 5 N–H and O–H groups in total. The molecule has 0 aliphatic carbocycles. The van der Waals surface area contributed by atoms with Crippen LogP contribution in [0.1, 0.15) is 108 Å². The minimum absolute atomic E-state index is 0.00114. The topological polar surface area (TPSA) is 177 Å². The molecule has 0 fully saturated rings. The molecule has 5 aromatic carbocycles. The van der Waals surface area contributed by atoms with Crippen LogP contribution in [0.25, 0.3) is 22.3 Å². The summed E-state index contributed by atoms with van der Waals surface area (Å²) >= 11 is 0. The Morgan fingerprint density at radius 2 is 1.04 bits per heavy atom. The summed E-state index contributed by atoms with van der Waals surface area (Å²) in [6, 6.07) is 49.9. The van der Waals surface area contributed by atoms with Gasteiger partial charge >= 0.3 is 6.09 Å². The van der Waals surface area contributed by atoms with Crippen LogP contribution in [0, 0.1) is 5.41 Å². The first-order valence-corrected chi connectivity index (χ1v) is 25.0. The van der Waals surface area contributed by atoms with Crippen LogP contribution in [0.5, 0.6) is 5.75 Å². The predicted molar refractivity (Wildman–Crippen MR) is 295 cm³/mol. The lowest BCUT2D eigenvalue weighted by Gasteiger charge is -2.37. The van der Waals surface area contributed by atoms with Gasteiger partial charge in [0.1, 0.15) is 12.0 Å². The summed E-state index contributed by atoms with van der Waals surface area (Å²) < 4.78 is 8.80. The summed E-state index contributed by atoms with van der Waals surface area (Å²) in [5, 5.41) is 33.1. The standard InChI is InChI=1S/C34H38N2O5.C14H16N2O.C14H20O2/c1-25(26-15-17-27(18-16-26)28-19-21-35(4)31(37)23-28)36(32(38)41-30-13-9-6-10-14-30)22-20-34(40,24-33(2,3)39)29-11-7-5-8-12-29;1-10(15)11-3-5-12(6-4-11)13-7-8-16(2)14(17)9-13;1-13(2,3)11-14(16,9-10-15)12-7-5-4-6-8-12/h5-19,21,23,25,39-40H,20,22,24H2,1-4H3;3-10H,15H2,1-2H3;4-8,10,16H,9,11H2,1-3H3/t25-,34+;10-;14-/m001/s1. The Labute approximate surface area is 436 Å². The lowest BCUT2D eigenvalue weighted by molar-refractivity contribution is -0.114. The molecule has 12 heteroatoms. The normalized spacial score (nSPS) is 13.8. The number of nitrogens with zero attached hydrogens (tertiary/aromatic N) is 3. The van der Waals surface area contributed by atoms with E-state index in [4.69, 9.17) is 10.5 Å². The molecule has 12 nitrogen and oxygen atoms in total. The zero-order valence-corrected chi connectivity index (χ0v) is 44.3. The minimum atomic E-state index is -1.38. The molecule has 0 spiro atoms. The van der Waals surface area contributed by atoms with Gasteiger partial charge < -0.3 is 44.6 Å². The van der Waals surface area contributed by atoms with Gasteiger partial charge in [-0.25, -0.2) is 4.79 Å². The Balaban J connectivity index is 0.000000250. The van der Waals surface area contributed by atoms with Gasteiger partial charge in [-0.05, 0) is 115 Å². The van der Waals surface area contributed by atoms with Crippen molar-refractivity contribution in [1.82, 2.24) is 14.0 Å². The Hall–Kier alpha value is -7.22.